The van der Waals surface area contributed by atoms with Crippen LogP contribution in [0.15, 0.2) is 53.5 Å². The van der Waals surface area contributed by atoms with Gasteiger partial charge in [0, 0.05) is 16.8 Å². The number of aromatic nitrogens is 2. The number of rotatable bonds is 4. The first-order chi connectivity index (χ1) is 13.0. The molecule has 0 aliphatic heterocycles. The van der Waals surface area contributed by atoms with Crippen LogP contribution in [-0.2, 0) is 0 Å². The van der Waals surface area contributed by atoms with Crippen LogP contribution in [0.1, 0.15) is 12.5 Å². The summed E-state index contributed by atoms with van der Waals surface area (Å²) >= 11 is 7.23. The van der Waals surface area contributed by atoms with E-state index in [9.17, 15) is 9.90 Å². The monoisotopic (exact) mass is 398 g/mol. The number of fused-ring (bicyclic) bond motifs is 1. The molecule has 0 spiro atoms. The van der Waals surface area contributed by atoms with E-state index in [2.05, 4.69) is 4.98 Å². The molecule has 4 aromatic rings. The second kappa shape index (κ2) is 7.06. The minimum absolute atomic E-state index is 0.0740. The maximum absolute atomic E-state index is 12.7. The summed E-state index contributed by atoms with van der Waals surface area (Å²) in [6.45, 7) is 2.29. The molecule has 2 aromatic carbocycles. The molecule has 0 atom stereocenters. The molecule has 0 radical (unpaired) electrons. The molecule has 7 heteroatoms. The summed E-state index contributed by atoms with van der Waals surface area (Å²) in [5.41, 5.74) is 2.27. The molecule has 2 aromatic heterocycles. The molecule has 0 aliphatic rings. The molecule has 5 nitrogen and oxygen atoms in total. The van der Waals surface area contributed by atoms with Gasteiger partial charge in [-0.2, -0.15) is 0 Å². The summed E-state index contributed by atoms with van der Waals surface area (Å²) in [5.74, 6) is 0.468. The van der Waals surface area contributed by atoms with E-state index in [0.717, 1.165) is 16.8 Å². The predicted molar refractivity (Wildman–Crippen MR) is 108 cm³/mol. The smallest absolute Gasteiger partial charge is 0.274 e. The number of thiazole rings is 1. The lowest BCUT2D eigenvalue weighted by atomic mass is 10.2. The van der Waals surface area contributed by atoms with E-state index in [1.807, 2.05) is 19.1 Å². The fourth-order valence-corrected chi connectivity index (χ4v) is 3.82. The molecular weight excluding hydrogens is 384 g/mol. The number of imidazole rings is 1. The number of nitrogens with zero attached hydrogens (tertiary/aromatic N) is 2. The Hall–Kier alpha value is -2.83. The van der Waals surface area contributed by atoms with Crippen LogP contribution in [0, 0.1) is 0 Å². The lowest BCUT2D eigenvalue weighted by Gasteiger charge is -2.05. The molecule has 0 saturated heterocycles. The van der Waals surface area contributed by atoms with Crippen LogP contribution >= 0.6 is 22.9 Å². The van der Waals surface area contributed by atoms with Gasteiger partial charge >= 0.3 is 0 Å². The molecule has 0 unspecified atom stereocenters. The minimum atomic E-state index is -0.131. The Morgan fingerprint density at radius 3 is 2.74 bits per heavy atom. The van der Waals surface area contributed by atoms with Crippen LogP contribution in [0.2, 0.25) is 5.02 Å². The summed E-state index contributed by atoms with van der Waals surface area (Å²) in [4.78, 5) is 17.9. The number of aromatic hydroxyl groups is 1. The van der Waals surface area contributed by atoms with Gasteiger partial charge in [0.2, 0.25) is 0 Å². The third kappa shape index (κ3) is 3.41. The Bertz CT molecular complexity index is 1230. The lowest BCUT2D eigenvalue weighted by Crippen LogP contribution is -2.22. The molecule has 136 valence electrons. The number of ether oxygens (including phenoxy) is 1. The highest BCUT2D eigenvalue weighted by atomic mass is 35.5. The van der Waals surface area contributed by atoms with Gasteiger partial charge in [0.15, 0.2) is 16.5 Å². The minimum Gasteiger partial charge on any atom is -0.504 e. The van der Waals surface area contributed by atoms with Gasteiger partial charge in [-0.15, -0.1) is 0 Å². The summed E-state index contributed by atoms with van der Waals surface area (Å²) in [6.07, 6.45) is 3.50. The van der Waals surface area contributed by atoms with Gasteiger partial charge in [0.25, 0.3) is 5.56 Å². The summed E-state index contributed by atoms with van der Waals surface area (Å²) in [7, 11) is 0. The van der Waals surface area contributed by atoms with Crippen LogP contribution in [-0.4, -0.2) is 21.1 Å². The van der Waals surface area contributed by atoms with Gasteiger partial charge in [-0.1, -0.05) is 41.1 Å². The second-order valence-corrected chi connectivity index (χ2v) is 7.31. The SMILES string of the molecule is CCOc1cc(C=c2sc3nc(-c4ccc(Cl)cc4)cn3c2=O)ccc1O. The summed E-state index contributed by atoms with van der Waals surface area (Å²) in [6, 6.07) is 12.3. The number of halogens is 1. The Morgan fingerprint density at radius 1 is 1.26 bits per heavy atom. The highest BCUT2D eigenvalue weighted by Gasteiger charge is 2.10. The van der Waals surface area contributed by atoms with E-state index in [4.69, 9.17) is 16.3 Å². The quantitative estimate of drug-likeness (QED) is 0.569. The average molecular weight is 399 g/mol. The second-order valence-electron chi connectivity index (χ2n) is 5.86. The zero-order valence-electron chi connectivity index (χ0n) is 14.3. The first kappa shape index (κ1) is 17.6. The lowest BCUT2D eigenvalue weighted by molar-refractivity contribution is 0.318. The first-order valence-electron chi connectivity index (χ1n) is 8.30. The number of hydrogen-bond acceptors (Lipinski definition) is 5. The molecule has 0 saturated carbocycles. The number of phenolic OH excluding ortho intramolecular Hbond substituents is 1. The van der Waals surface area contributed by atoms with Crippen molar-refractivity contribution in [2.45, 2.75) is 6.92 Å². The highest BCUT2D eigenvalue weighted by molar-refractivity contribution is 7.15. The van der Waals surface area contributed by atoms with Crippen molar-refractivity contribution < 1.29 is 9.84 Å². The standard InChI is InChI=1S/C20H15ClN2O3S/c1-2-26-17-9-12(3-8-16(17)24)10-18-19(25)23-11-15(22-20(23)27-18)13-4-6-14(21)7-5-13/h3-11,24H,2H2,1H3. The third-order valence-corrected chi connectivity index (χ3v) is 5.26. The van der Waals surface area contributed by atoms with E-state index in [1.165, 1.54) is 11.3 Å². The van der Waals surface area contributed by atoms with Gasteiger partial charge in [-0.05, 0) is 42.8 Å². The fourth-order valence-electron chi connectivity index (χ4n) is 2.74. The topological polar surface area (TPSA) is 63.8 Å². The van der Waals surface area contributed by atoms with Crippen molar-refractivity contribution >= 4 is 34.0 Å². The van der Waals surface area contributed by atoms with Crippen LogP contribution in [0.4, 0.5) is 0 Å². The van der Waals surface area contributed by atoms with Crippen molar-refractivity contribution in [3.63, 3.8) is 0 Å². The van der Waals surface area contributed by atoms with E-state index in [0.29, 0.717) is 26.9 Å². The van der Waals surface area contributed by atoms with E-state index in [1.54, 1.807) is 47.0 Å². The maximum Gasteiger partial charge on any atom is 0.274 e. The Morgan fingerprint density at radius 2 is 2.04 bits per heavy atom. The van der Waals surface area contributed by atoms with Crippen LogP contribution in [0.5, 0.6) is 11.5 Å². The van der Waals surface area contributed by atoms with Crippen molar-refractivity contribution in [2.24, 2.45) is 0 Å². The Kier molecular flexibility index (Phi) is 4.59. The molecular formula is C20H15ClN2O3S. The predicted octanol–water partition coefficient (Wildman–Crippen LogP) is 3.73. The number of hydrogen-bond donors (Lipinski definition) is 1. The van der Waals surface area contributed by atoms with E-state index >= 15 is 0 Å². The zero-order chi connectivity index (χ0) is 19.0. The third-order valence-electron chi connectivity index (χ3n) is 4.03. The Balaban J connectivity index is 1.75. The summed E-state index contributed by atoms with van der Waals surface area (Å²) < 4.78 is 7.50. The van der Waals surface area contributed by atoms with Crippen LogP contribution in [0.3, 0.4) is 0 Å². The molecule has 0 aliphatic carbocycles. The molecule has 0 bridgehead atoms. The van der Waals surface area contributed by atoms with Crippen molar-refractivity contribution in [3.8, 4) is 22.8 Å². The van der Waals surface area contributed by atoms with Gasteiger partial charge in [0.05, 0.1) is 16.8 Å². The molecule has 4 rings (SSSR count). The number of phenols is 1. The fraction of sp³-hybridized carbons (Fsp3) is 0.100. The largest absolute Gasteiger partial charge is 0.504 e. The molecule has 2 heterocycles. The van der Waals surface area contributed by atoms with Crippen molar-refractivity contribution in [1.29, 1.82) is 0 Å². The molecule has 1 N–H and O–H groups in total. The van der Waals surface area contributed by atoms with E-state index < -0.39 is 0 Å². The zero-order valence-corrected chi connectivity index (χ0v) is 15.9. The van der Waals surface area contributed by atoms with Crippen LogP contribution < -0.4 is 14.8 Å². The Labute approximate surface area is 163 Å². The maximum atomic E-state index is 12.7. The van der Waals surface area contributed by atoms with Gasteiger partial charge < -0.3 is 9.84 Å². The first-order valence-corrected chi connectivity index (χ1v) is 9.50. The highest BCUT2D eigenvalue weighted by Crippen LogP contribution is 2.27. The molecule has 27 heavy (non-hydrogen) atoms. The van der Waals surface area contributed by atoms with Crippen molar-refractivity contribution in [2.75, 3.05) is 6.61 Å². The van der Waals surface area contributed by atoms with Crippen molar-refractivity contribution in [1.82, 2.24) is 9.38 Å². The average Bonchev–Trinajstić information content (AvgIpc) is 3.19. The number of benzene rings is 2. The normalized spacial score (nSPS) is 12.0. The van der Waals surface area contributed by atoms with Gasteiger partial charge in [-0.3, -0.25) is 9.20 Å². The van der Waals surface area contributed by atoms with E-state index in [-0.39, 0.29) is 11.3 Å². The van der Waals surface area contributed by atoms with Crippen LogP contribution in [0.25, 0.3) is 22.3 Å². The van der Waals surface area contributed by atoms with Crippen molar-refractivity contribution in [3.05, 3.63) is 74.1 Å². The van der Waals surface area contributed by atoms with Gasteiger partial charge in [0.1, 0.15) is 0 Å². The van der Waals surface area contributed by atoms with Gasteiger partial charge in [-0.25, -0.2) is 4.98 Å². The summed E-state index contributed by atoms with van der Waals surface area (Å²) in [5, 5.41) is 10.5. The molecule has 0 fully saturated rings. The molecule has 0 amide bonds.